The molecule has 0 saturated heterocycles. The van der Waals surface area contributed by atoms with Crippen molar-refractivity contribution in [2.24, 2.45) is 13.0 Å². The molecule has 0 aliphatic carbocycles. The predicted octanol–water partition coefficient (Wildman–Crippen LogP) is 3.05. The number of nitrogens with zero attached hydrogens (tertiary/aromatic N) is 1. The van der Waals surface area contributed by atoms with E-state index in [-0.39, 0.29) is 16.7 Å². The van der Waals surface area contributed by atoms with Crippen LogP contribution in [-0.4, -0.2) is 30.1 Å². The molecular formula is C24H27N3O5. The van der Waals surface area contributed by atoms with Gasteiger partial charge in [0.2, 0.25) is 0 Å². The quantitative estimate of drug-likeness (QED) is 0.554. The van der Waals surface area contributed by atoms with Crippen LogP contribution in [0.5, 0.6) is 11.5 Å². The highest BCUT2D eigenvalue weighted by Crippen LogP contribution is 2.28. The Morgan fingerprint density at radius 1 is 1.00 bits per heavy atom. The highest BCUT2D eigenvalue weighted by Gasteiger charge is 2.16. The number of methoxy groups -OCH3 is 1. The molecule has 1 aromatic heterocycles. The van der Waals surface area contributed by atoms with E-state index >= 15 is 0 Å². The van der Waals surface area contributed by atoms with E-state index in [9.17, 15) is 14.4 Å². The molecular weight excluding hydrogens is 410 g/mol. The average molecular weight is 437 g/mol. The number of pyridine rings is 1. The fourth-order valence-corrected chi connectivity index (χ4v) is 3.18. The van der Waals surface area contributed by atoms with E-state index in [1.165, 1.54) is 17.7 Å². The maximum atomic E-state index is 12.7. The Balaban J connectivity index is 1.72. The van der Waals surface area contributed by atoms with Crippen molar-refractivity contribution in [2.45, 2.75) is 20.3 Å². The average Bonchev–Trinajstić information content (AvgIpc) is 2.79. The summed E-state index contributed by atoms with van der Waals surface area (Å²) >= 11 is 0. The van der Waals surface area contributed by atoms with Crippen LogP contribution in [-0.2, 0) is 7.05 Å². The van der Waals surface area contributed by atoms with Crippen LogP contribution in [0.1, 0.15) is 41.0 Å². The first-order valence-corrected chi connectivity index (χ1v) is 10.3. The number of carbonyl (C=O) groups excluding carboxylic acids is 2. The third-order valence-corrected chi connectivity index (χ3v) is 5.07. The lowest BCUT2D eigenvalue weighted by atomic mass is 10.1. The standard InChI is InChI=1S/C24H27N3O5/c1-15(2)11-12-32-20-10-9-16(13-21(20)31-4)23(29)25-26-24(30)18-14-22(28)27(3)19-8-6-5-7-17(18)19/h5-10,13-15H,11-12H2,1-4H3,(H,25,29)(H,26,30). The van der Waals surface area contributed by atoms with Crippen molar-refractivity contribution in [3.8, 4) is 11.5 Å². The van der Waals surface area contributed by atoms with Gasteiger partial charge < -0.3 is 14.0 Å². The third-order valence-electron chi connectivity index (χ3n) is 5.07. The number of nitrogens with one attached hydrogen (secondary N) is 2. The van der Waals surface area contributed by atoms with Crippen molar-refractivity contribution in [1.29, 1.82) is 0 Å². The van der Waals surface area contributed by atoms with Crippen LogP contribution >= 0.6 is 0 Å². The molecule has 32 heavy (non-hydrogen) atoms. The number of para-hydroxylation sites is 1. The molecule has 0 aliphatic heterocycles. The molecule has 0 saturated carbocycles. The first kappa shape index (κ1) is 22.9. The second kappa shape index (κ2) is 10.00. The molecule has 2 amide bonds. The number of benzene rings is 2. The Morgan fingerprint density at radius 2 is 1.72 bits per heavy atom. The van der Waals surface area contributed by atoms with Gasteiger partial charge in [0.05, 0.1) is 24.8 Å². The second-order valence-electron chi connectivity index (χ2n) is 7.78. The van der Waals surface area contributed by atoms with Crippen molar-refractivity contribution in [2.75, 3.05) is 13.7 Å². The summed E-state index contributed by atoms with van der Waals surface area (Å²) in [5, 5.41) is 0.603. The highest BCUT2D eigenvalue weighted by molar-refractivity contribution is 6.07. The van der Waals surface area contributed by atoms with E-state index in [0.717, 1.165) is 6.42 Å². The number of amides is 2. The molecule has 2 aromatic carbocycles. The number of aromatic nitrogens is 1. The van der Waals surface area contributed by atoms with Gasteiger partial charge in [-0.25, -0.2) is 0 Å². The van der Waals surface area contributed by atoms with Gasteiger partial charge in [-0.1, -0.05) is 32.0 Å². The fourth-order valence-electron chi connectivity index (χ4n) is 3.18. The smallest absolute Gasteiger partial charge is 0.270 e. The Hall–Kier alpha value is -3.81. The van der Waals surface area contributed by atoms with E-state index in [1.807, 2.05) is 0 Å². The Labute approximate surface area is 186 Å². The topological polar surface area (TPSA) is 98.7 Å². The molecule has 0 spiro atoms. The van der Waals surface area contributed by atoms with Crippen molar-refractivity contribution in [1.82, 2.24) is 15.4 Å². The summed E-state index contributed by atoms with van der Waals surface area (Å²) < 4.78 is 12.5. The van der Waals surface area contributed by atoms with Gasteiger partial charge in [0.1, 0.15) is 0 Å². The summed E-state index contributed by atoms with van der Waals surface area (Å²) in [6.45, 7) is 4.76. The van der Waals surface area contributed by atoms with Gasteiger partial charge in [-0.2, -0.15) is 0 Å². The maximum Gasteiger partial charge on any atom is 0.270 e. The van der Waals surface area contributed by atoms with E-state index in [0.29, 0.717) is 34.9 Å². The van der Waals surface area contributed by atoms with Crippen LogP contribution in [0, 0.1) is 5.92 Å². The SMILES string of the molecule is COc1cc(C(=O)NNC(=O)c2cc(=O)n(C)c3ccccc23)ccc1OCCC(C)C. The molecule has 0 atom stereocenters. The van der Waals surface area contributed by atoms with Crippen LogP contribution in [0.2, 0.25) is 0 Å². The van der Waals surface area contributed by atoms with Crippen LogP contribution in [0.3, 0.4) is 0 Å². The van der Waals surface area contributed by atoms with Gasteiger partial charge in [0.25, 0.3) is 17.4 Å². The normalized spacial score (nSPS) is 10.8. The molecule has 0 aliphatic rings. The number of hydrogen-bond donors (Lipinski definition) is 2. The molecule has 0 fully saturated rings. The largest absolute Gasteiger partial charge is 0.493 e. The molecule has 0 unspecified atom stereocenters. The minimum absolute atomic E-state index is 0.176. The number of aryl methyl sites for hydroxylation is 1. The summed E-state index contributed by atoms with van der Waals surface area (Å²) in [5.74, 6) is 0.355. The molecule has 8 nitrogen and oxygen atoms in total. The summed E-state index contributed by atoms with van der Waals surface area (Å²) in [6, 6.07) is 13.1. The number of fused-ring (bicyclic) bond motifs is 1. The molecule has 2 N–H and O–H groups in total. The van der Waals surface area contributed by atoms with Crippen LogP contribution in [0.25, 0.3) is 10.9 Å². The van der Waals surface area contributed by atoms with Crippen molar-refractivity contribution >= 4 is 22.7 Å². The van der Waals surface area contributed by atoms with Crippen molar-refractivity contribution in [3.05, 3.63) is 70.0 Å². The number of rotatable bonds is 7. The molecule has 0 bridgehead atoms. The lowest BCUT2D eigenvalue weighted by Gasteiger charge is -2.14. The minimum atomic E-state index is -0.590. The van der Waals surface area contributed by atoms with Gasteiger partial charge in [-0.05, 0) is 36.6 Å². The summed E-state index contributed by atoms with van der Waals surface area (Å²) in [6.07, 6.45) is 0.898. The molecule has 1 heterocycles. The monoisotopic (exact) mass is 437 g/mol. The Bertz CT molecular complexity index is 1200. The number of hydrazine groups is 1. The first-order valence-electron chi connectivity index (χ1n) is 10.3. The Morgan fingerprint density at radius 3 is 2.44 bits per heavy atom. The lowest BCUT2D eigenvalue weighted by Crippen LogP contribution is -2.42. The highest BCUT2D eigenvalue weighted by atomic mass is 16.5. The number of hydrogen-bond acceptors (Lipinski definition) is 5. The zero-order valence-electron chi connectivity index (χ0n) is 18.6. The zero-order valence-corrected chi connectivity index (χ0v) is 18.6. The molecule has 168 valence electrons. The summed E-state index contributed by atoms with van der Waals surface area (Å²) in [4.78, 5) is 37.5. The third kappa shape index (κ3) is 5.08. The molecule has 0 radical (unpaired) electrons. The Kier molecular flexibility index (Phi) is 7.14. The maximum absolute atomic E-state index is 12.7. The fraction of sp³-hybridized carbons (Fsp3) is 0.292. The van der Waals surface area contributed by atoms with Crippen LogP contribution < -0.4 is 25.9 Å². The first-order chi connectivity index (χ1) is 15.3. The van der Waals surface area contributed by atoms with E-state index < -0.39 is 11.8 Å². The molecule has 3 rings (SSSR count). The molecule has 3 aromatic rings. The minimum Gasteiger partial charge on any atom is -0.493 e. The number of carbonyl (C=O) groups is 2. The zero-order chi connectivity index (χ0) is 23.3. The van der Waals surface area contributed by atoms with Crippen LogP contribution in [0.4, 0.5) is 0 Å². The summed E-state index contributed by atoms with van der Waals surface area (Å²) in [5.41, 5.74) is 5.52. The van der Waals surface area contributed by atoms with Gasteiger partial charge in [0.15, 0.2) is 11.5 Å². The van der Waals surface area contributed by atoms with Crippen molar-refractivity contribution in [3.63, 3.8) is 0 Å². The van der Waals surface area contributed by atoms with E-state index in [2.05, 4.69) is 24.7 Å². The van der Waals surface area contributed by atoms with Gasteiger partial charge in [-0.3, -0.25) is 25.2 Å². The second-order valence-corrected chi connectivity index (χ2v) is 7.78. The lowest BCUT2D eigenvalue weighted by molar-refractivity contribution is 0.0847. The van der Waals surface area contributed by atoms with Gasteiger partial charge in [-0.15, -0.1) is 0 Å². The van der Waals surface area contributed by atoms with Gasteiger partial charge in [0, 0.05) is 24.1 Å². The van der Waals surface area contributed by atoms with E-state index in [1.54, 1.807) is 49.5 Å². The van der Waals surface area contributed by atoms with E-state index in [4.69, 9.17) is 9.47 Å². The summed E-state index contributed by atoms with van der Waals surface area (Å²) in [7, 11) is 3.13. The molecule has 8 heteroatoms. The number of ether oxygens (including phenoxy) is 2. The van der Waals surface area contributed by atoms with Crippen LogP contribution in [0.15, 0.2) is 53.3 Å². The van der Waals surface area contributed by atoms with Gasteiger partial charge >= 0.3 is 0 Å². The predicted molar refractivity (Wildman–Crippen MR) is 122 cm³/mol. The van der Waals surface area contributed by atoms with Crippen molar-refractivity contribution < 1.29 is 19.1 Å².